The molecule has 10 rings (SSSR count). The summed E-state index contributed by atoms with van der Waals surface area (Å²) in [7, 11) is 0. The maximum atomic E-state index is 15.5. The maximum Gasteiger partial charge on any atom is 0.435 e. The number of thiazole rings is 2. The normalized spacial score (nSPS) is 20.8. The Labute approximate surface area is 406 Å². The standard InChI is InChI=1S/C47H48F6N12O3S2/c1-27-19-41(46(48,49)50)58-64(27)23-37(62-15-9-29(10-16-62)44-56-35(25-69-44)33-21-39(67-60-33)31-7-3-5-13-54-31)43(66)38(24-65-28(2)20-42(59-65)47(51,52)53)63-17-11-30(12-18-63)45-57-36(26-70-45)34-22-40(68-61-34)32-8-4-6-14-55-32/h3-8,13-14,19-20,25-26,29-30,37-40H,9-12,15-18,21-24H2,1-2H3. The van der Waals surface area contributed by atoms with Crippen molar-refractivity contribution in [2.75, 3.05) is 26.2 Å². The third kappa shape index (κ3) is 10.3. The Kier molecular flexibility index (Phi) is 13.4. The van der Waals surface area contributed by atoms with Gasteiger partial charge in [-0.05, 0) is 102 Å². The molecule has 0 bridgehead atoms. The van der Waals surface area contributed by atoms with Crippen LogP contribution in [-0.4, -0.2) is 105 Å². The minimum absolute atomic E-state index is 0.0350. The Morgan fingerprint density at radius 1 is 0.657 bits per heavy atom. The average Bonchev–Trinajstić information content (AvgIpc) is 4.23. The fourth-order valence-electron chi connectivity index (χ4n) is 9.63. The number of alkyl halides is 6. The number of pyridine rings is 2. The lowest BCUT2D eigenvalue weighted by Crippen LogP contribution is -2.57. The first kappa shape index (κ1) is 47.8. The molecule has 4 aliphatic heterocycles. The van der Waals surface area contributed by atoms with E-state index in [0.717, 1.165) is 56.3 Å². The summed E-state index contributed by atoms with van der Waals surface area (Å²) in [6, 6.07) is 11.2. The van der Waals surface area contributed by atoms with Gasteiger partial charge in [-0.3, -0.25) is 33.9 Å². The van der Waals surface area contributed by atoms with Crippen LogP contribution in [0.25, 0.3) is 0 Å². The fraction of sp³-hybridized carbons (Fsp3) is 0.468. The van der Waals surface area contributed by atoms with E-state index in [1.54, 1.807) is 12.4 Å². The molecule has 6 aromatic rings. The number of rotatable bonds is 14. The molecule has 2 saturated heterocycles. The molecule has 0 saturated carbocycles. The smallest absolute Gasteiger partial charge is 0.385 e. The quantitative estimate of drug-likeness (QED) is 0.0962. The van der Waals surface area contributed by atoms with E-state index in [1.165, 1.54) is 45.9 Å². The predicted molar refractivity (Wildman–Crippen MR) is 246 cm³/mol. The zero-order valence-electron chi connectivity index (χ0n) is 38.1. The van der Waals surface area contributed by atoms with E-state index in [-0.39, 0.29) is 54.3 Å². The molecule has 368 valence electrons. The summed E-state index contributed by atoms with van der Waals surface area (Å²) in [4.78, 5) is 49.5. The van der Waals surface area contributed by atoms with Crippen molar-refractivity contribution in [1.29, 1.82) is 0 Å². The Balaban J connectivity index is 0.877. The van der Waals surface area contributed by atoms with Crippen molar-refractivity contribution in [2.24, 2.45) is 10.3 Å². The summed E-state index contributed by atoms with van der Waals surface area (Å²) in [5, 5.41) is 22.2. The van der Waals surface area contributed by atoms with Crippen LogP contribution in [0.3, 0.4) is 0 Å². The highest BCUT2D eigenvalue weighted by Crippen LogP contribution is 2.38. The van der Waals surface area contributed by atoms with E-state index in [2.05, 4.69) is 30.5 Å². The second-order valence-electron chi connectivity index (χ2n) is 18.1. The minimum atomic E-state index is -4.71. The molecular formula is C47H48F6N12O3S2. The van der Waals surface area contributed by atoms with Gasteiger partial charge in [-0.25, -0.2) is 9.97 Å². The van der Waals surface area contributed by atoms with Crippen LogP contribution >= 0.6 is 22.7 Å². The van der Waals surface area contributed by atoms with Gasteiger partial charge < -0.3 is 9.68 Å². The molecule has 0 aliphatic carbocycles. The lowest BCUT2D eigenvalue weighted by atomic mass is 9.91. The summed E-state index contributed by atoms with van der Waals surface area (Å²) in [5.74, 6) is -0.263. The summed E-state index contributed by atoms with van der Waals surface area (Å²) >= 11 is 3.04. The second kappa shape index (κ2) is 19.7. The number of oxime groups is 2. The van der Waals surface area contributed by atoms with Gasteiger partial charge >= 0.3 is 12.4 Å². The molecule has 2 fully saturated rings. The van der Waals surface area contributed by atoms with E-state index in [4.69, 9.17) is 19.6 Å². The Bertz CT molecular complexity index is 2660. The number of carbonyl (C=O) groups is 1. The van der Waals surface area contributed by atoms with Crippen LogP contribution in [0.15, 0.2) is 82.0 Å². The van der Waals surface area contributed by atoms with Gasteiger partial charge in [0, 0.05) is 59.2 Å². The SMILES string of the molecule is Cc1cc(C(F)(F)F)nn1CC(C(=O)C(Cn1nc(C(F)(F)F)cc1C)N1CCC(c2nc(C3=NOC(c4ccccn4)C3)cs2)CC1)N1CCC(c2nc(C3=NOC(c4ccccn4)C3)cs2)CC1. The first-order chi connectivity index (χ1) is 33.6. The minimum Gasteiger partial charge on any atom is -0.385 e. The number of likely N-dealkylation sites (tertiary alicyclic amines) is 2. The fourth-order valence-corrected chi connectivity index (χ4v) is 11.6. The first-order valence-electron chi connectivity index (χ1n) is 23.1. The van der Waals surface area contributed by atoms with E-state index in [0.29, 0.717) is 64.7 Å². The van der Waals surface area contributed by atoms with E-state index >= 15 is 4.79 Å². The summed E-state index contributed by atoms with van der Waals surface area (Å²) in [6.45, 7) is 4.27. The molecule has 0 spiro atoms. The van der Waals surface area contributed by atoms with Gasteiger partial charge in [0.25, 0.3) is 0 Å². The van der Waals surface area contributed by atoms with Crippen LogP contribution in [0.2, 0.25) is 0 Å². The number of hydrogen-bond donors (Lipinski definition) is 0. The molecule has 15 nitrogen and oxygen atoms in total. The van der Waals surface area contributed by atoms with Gasteiger partial charge in [-0.1, -0.05) is 22.4 Å². The Hall–Kier alpha value is -5.91. The predicted octanol–water partition coefficient (Wildman–Crippen LogP) is 8.93. The van der Waals surface area contributed by atoms with Crippen LogP contribution in [-0.2, 0) is 39.9 Å². The van der Waals surface area contributed by atoms with Crippen molar-refractivity contribution in [3.05, 3.63) is 127 Å². The summed E-state index contributed by atoms with van der Waals surface area (Å²) in [5.41, 5.74) is 2.74. The van der Waals surface area contributed by atoms with Crippen LogP contribution in [0.5, 0.6) is 0 Å². The van der Waals surface area contributed by atoms with Gasteiger partial charge in [0.15, 0.2) is 29.4 Å². The van der Waals surface area contributed by atoms with E-state index in [9.17, 15) is 26.3 Å². The molecule has 23 heteroatoms. The highest BCUT2D eigenvalue weighted by Gasteiger charge is 2.42. The van der Waals surface area contributed by atoms with Crippen molar-refractivity contribution in [1.82, 2.24) is 49.3 Å². The molecule has 4 atom stereocenters. The number of nitrogens with zero attached hydrogens (tertiary/aromatic N) is 12. The molecule has 0 radical (unpaired) electrons. The molecule has 10 heterocycles. The van der Waals surface area contributed by atoms with Crippen molar-refractivity contribution < 1.29 is 40.8 Å². The molecule has 70 heavy (non-hydrogen) atoms. The van der Waals surface area contributed by atoms with Gasteiger partial charge in [-0.15, -0.1) is 22.7 Å². The van der Waals surface area contributed by atoms with Crippen LogP contribution in [0, 0.1) is 13.8 Å². The van der Waals surface area contributed by atoms with Crippen molar-refractivity contribution in [2.45, 2.75) is 114 Å². The topological polar surface area (TPSA) is 154 Å². The molecule has 0 N–H and O–H groups in total. The second-order valence-corrected chi connectivity index (χ2v) is 19.9. The van der Waals surface area contributed by atoms with Gasteiger partial charge in [0.05, 0.1) is 58.0 Å². The van der Waals surface area contributed by atoms with Crippen molar-refractivity contribution in [3.63, 3.8) is 0 Å². The summed E-state index contributed by atoms with van der Waals surface area (Å²) in [6.07, 6.45) is -3.19. The molecule has 0 aromatic carbocycles. The average molecular weight is 1010 g/mol. The number of aromatic nitrogens is 8. The molecular weight excluding hydrogens is 959 g/mol. The number of aryl methyl sites for hydroxylation is 2. The zero-order valence-corrected chi connectivity index (χ0v) is 39.7. The first-order valence-corrected chi connectivity index (χ1v) is 24.8. The lowest BCUT2D eigenvalue weighted by molar-refractivity contribution is -0.142. The largest absolute Gasteiger partial charge is 0.435 e. The van der Waals surface area contributed by atoms with Crippen molar-refractivity contribution in [3.8, 4) is 0 Å². The van der Waals surface area contributed by atoms with Crippen molar-refractivity contribution >= 4 is 39.9 Å². The van der Waals surface area contributed by atoms with E-state index < -0.39 is 35.8 Å². The number of piperidine rings is 2. The third-order valence-corrected chi connectivity index (χ3v) is 15.6. The van der Waals surface area contributed by atoms with Gasteiger partial charge in [0.1, 0.15) is 11.4 Å². The van der Waals surface area contributed by atoms with E-state index in [1.807, 2.05) is 57.0 Å². The van der Waals surface area contributed by atoms with Crippen LogP contribution < -0.4 is 0 Å². The molecule has 6 aromatic heterocycles. The lowest BCUT2D eigenvalue weighted by Gasteiger charge is -2.41. The number of Topliss-reactive ketones (excluding diaryl/α,β-unsaturated/α-hetero) is 1. The molecule has 0 amide bonds. The number of halogens is 6. The number of ketones is 1. The molecule has 4 aliphatic rings. The Morgan fingerprint density at radius 2 is 1.07 bits per heavy atom. The Morgan fingerprint density at radius 3 is 1.43 bits per heavy atom. The third-order valence-electron chi connectivity index (χ3n) is 13.5. The van der Waals surface area contributed by atoms with Crippen LogP contribution in [0.1, 0.15) is 118 Å². The monoisotopic (exact) mass is 1010 g/mol. The summed E-state index contributed by atoms with van der Waals surface area (Å²) < 4.78 is 86.4. The van der Waals surface area contributed by atoms with Gasteiger partial charge in [0.2, 0.25) is 0 Å². The highest BCUT2D eigenvalue weighted by molar-refractivity contribution is 7.10. The maximum absolute atomic E-state index is 15.5. The molecule has 4 unspecified atom stereocenters. The highest BCUT2D eigenvalue weighted by atomic mass is 32.1. The van der Waals surface area contributed by atoms with Gasteiger partial charge in [-0.2, -0.15) is 36.5 Å². The number of hydrogen-bond acceptors (Lipinski definition) is 15. The zero-order chi connectivity index (χ0) is 48.7. The van der Waals surface area contributed by atoms with Crippen LogP contribution in [0.4, 0.5) is 26.3 Å². The number of carbonyl (C=O) groups excluding carboxylic acids is 1.